The van der Waals surface area contributed by atoms with Crippen molar-refractivity contribution < 1.29 is 4.74 Å². The van der Waals surface area contributed by atoms with Gasteiger partial charge in [-0.2, -0.15) is 5.10 Å². The van der Waals surface area contributed by atoms with Crippen LogP contribution in [0.5, 0.6) is 0 Å². The molecule has 1 aromatic heterocycles. The molecule has 1 aromatic carbocycles. The monoisotopic (exact) mass is 283 g/mol. The van der Waals surface area contributed by atoms with E-state index in [2.05, 4.69) is 41.0 Å². The first kappa shape index (κ1) is 13.0. The fourth-order valence-electron chi connectivity index (χ4n) is 3.77. The molecule has 3 atom stereocenters. The molecule has 4 heteroatoms. The van der Waals surface area contributed by atoms with Crippen LogP contribution >= 0.6 is 0 Å². The molecule has 0 radical (unpaired) electrons. The first-order valence-corrected chi connectivity index (χ1v) is 7.93. The summed E-state index contributed by atoms with van der Waals surface area (Å²) in [5.74, 6) is 2.33. The maximum Gasteiger partial charge on any atom is 0.148 e. The molecule has 0 unspecified atom stereocenters. The van der Waals surface area contributed by atoms with Crippen LogP contribution < -0.4 is 0 Å². The topological polar surface area (TPSA) is 39.9 Å². The van der Waals surface area contributed by atoms with Crippen molar-refractivity contribution in [1.29, 1.82) is 0 Å². The van der Waals surface area contributed by atoms with Gasteiger partial charge in [0.1, 0.15) is 11.6 Å². The predicted molar refractivity (Wildman–Crippen MR) is 80.7 cm³/mol. The highest BCUT2D eigenvalue weighted by Gasteiger charge is 2.44. The van der Waals surface area contributed by atoms with Crippen molar-refractivity contribution in [3.05, 3.63) is 41.5 Å². The summed E-state index contributed by atoms with van der Waals surface area (Å²) < 4.78 is 8.07. The number of rotatable bonds is 3. The van der Waals surface area contributed by atoms with Gasteiger partial charge in [-0.3, -0.25) is 0 Å². The van der Waals surface area contributed by atoms with Crippen LogP contribution in [-0.2, 0) is 11.2 Å². The number of aromatic nitrogens is 3. The molecule has 0 saturated carbocycles. The standard InChI is InChI=1S/C17H21N3O/c1-3-12-6-4-5-7-15(12)20-17(18-11(2)19-20)14-10-13-8-9-16(14)21-13/h4-7,13-14,16H,3,8-10H2,1-2H3/t13-,14-,16+/m0/s1. The van der Waals surface area contributed by atoms with Crippen molar-refractivity contribution in [2.24, 2.45) is 0 Å². The van der Waals surface area contributed by atoms with E-state index in [1.807, 2.05) is 6.92 Å². The molecular weight excluding hydrogens is 262 g/mol. The van der Waals surface area contributed by atoms with E-state index in [1.165, 1.54) is 17.7 Å². The first-order valence-electron chi connectivity index (χ1n) is 7.93. The summed E-state index contributed by atoms with van der Waals surface area (Å²) in [5.41, 5.74) is 2.48. The van der Waals surface area contributed by atoms with Gasteiger partial charge in [-0.05, 0) is 44.2 Å². The minimum atomic E-state index is 0.339. The van der Waals surface area contributed by atoms with Gasteiger partial charge in [0.2, 0.25) is 0 Å². The number of ether oxygens (including phenoxy) is 1. The molecule has 4 rings (SSSR count). The van der Waals surface area contributed by atoms with Gasteiger partial charge in [-0.25, -0.2) is 9.67 Å². The zero-order chi connectivity index (χ0) is 14.4. The second kappa shape index (κ2) is 4.95. The van der Waals surface area contributed by atoms with Gasteiger partial charge in [0.25, 0.3) is 0 Å². The smallest absolute Gasteiger partial charge is 0.148 e. The minimum Gasteiger partial charge on any atom is -0.374 e. The third-order valence-corrected chi connectivity index (χ3v) is 4.78. The van der Waals surface area contributed by atoms with E-state index < -0.39 is 0 Å². The molecule has 0 amide bonds. The summed E-state index contributed by atoms with van der Waals surface area (Å²) >= 11 is 0. The number of benzene rings is 1. The normalized spacial score (nSPS) is 27.4. The molecule has 4 nitrogen and oxygen atoms in total. The van der Waals surface area contributed by atoms with Gasteiger partial charge in [0.15, 0.2) is 0 Å². The lowest BCUT2D eigenvalue weighted by Crippen LogP contribution is -2.19. The summed E-state index contributed by atoms with van der Waals surface area (Å²) in [6.45, 7) is 4.16. The van der Waals surface area contributed by atoms with Crippen molar-refractivity contribution in [3.8, 4) is 5.69 Å². The van der Waals surface area contributed by atoms with Gasteiger partial charge in [-0.15, -0.1) is 0 Å². The Bertz CT molecular complexity index is 664. The Labute approximate surface area is 125 Å². The van der Waals surface area contributed by atoms with E-state index in [0.29, 0.717) is 18.1 Å². The van der Waals surface area contributed by atoms with Gasteiger partial charge in [0.05, 0.1) is 17.9 Å². The van der Waals surface area contributed by atoms with E-state index in [1.54, 1.807) is 0 Å². The van der Waals surface area contributed by atoms with Crippen LogP contribution in [0.3, 0.4) is 0 Å². The van der Waals surface area contributed by atoms with Crippen LogP contribution in [0.4, 0.5) is 0 Å². The van der Waals surface area contributed by atoms with Crippen LogP contribution in [0.15, 0.2) is 24.3 Å². The Morgan fingerprint density at radius 2 is 2.14 bits per heavy atom. The number of hydrogen-bond donors (Lipinski definition) is 0. The number of nitrogens with zero attached hydrogens (tertiary/aromatic N) is 3. The first-order chi connectivity index (χ1) is 10.3. The van der Waals surface area contributed by atoms with E-state index in [9.17, 15) is 0 Å². The molecule has 2 aliphatic rings. The lowest BCUT2D eigenvalue weighted by molar-refractivity contribution is 0.0997. The third kappa shape index (κ3) is 2.09. The van der Waals surface area contributed by atoms with E-state index >= 15 is 0 Å². The second-order valence-corrected chi connectivity index (χ2v) is 6.13. The highest BCUT2D eigenvalue weighted by atomic mass is 16.5. The molecule has 21 heavy (non-hydrogen) atoms. The van der Waals surface area contributed by atoms with E-state index in [-0.39, 0.29) is 0 Å². The Morgan fingerprint density at radius 1 is 1.29 bits per heavy atom. The summed E-state index contributed by atoms with van der Waals surface area (Å²) in [6.07, 6.45) is 5.24. The average Bonchev–Trinajstić information content (AvgIpc) is 3.21. The largest absolute Gasteiger partial charge is 0.374 e. The molecule has 0 aliphatic carbocycles. The van der Waals surface area contributed by atoms with Crippen molar-refractivity contribution in [1.82, 2.24) is 14.8 Å². The third-order valence-electron chi connectivity index (χ3n) is 4.78. The quantitative estimate of drug-likeness (QED) is 0.868. The Kier molecular flexibility index (Phi) is 3.07. The van der Waals surface area contributed by atoms with Gasteiger partial charge >= 0.3 is 0 Å². The van der Waals surface area contributed by atoms with Crippen molar-refractivity contribution in [2.45, 2.75) is 57.7 Å². The maximum atomic E-state index is 6.01. The maximum absolute atomic E-state index is 6.01. The van der Waals surface area contributed by atoms with Crippen LogP contribution in [0, 0.1) is 6.92 Å². The highest BCUT2D eigenvalue weighted by molar-refractivity contribution is 5.41. The fourth-order valence-corrected chi connectivity index (χ4v) is 3.77. The molecule has 2 aromatic rings. The zero-order valence-corrected chi connectivity index (χ0v) is 12.6. The van der Waals surface area contributed by atoms with Crippen LogP contribution in [-0.4, -0.2) is 27.0 Å². The van der Waals surface area contributed by atoms with E-state index in [4.69, 9.17) is 9.72 Å². The number of para-hydroxylation sites is 1. The molecule has 2 bridgehead atoms. The van der Waals surface area contributed by atoms with Crippen LogP contribution in [0.25, 0.3) is 5.69 Å². The SMILES string of the molecule is CCc1ccccc1-n1nc(C)nc1[C@H]1C[C@@H]2CC[C@H]1O2. The number of hydrogen-bond acceptors (Lipinski definition) is 3. The molecular formula is C17H21N3O. The van der Waals surface area contributed by atoms with Gasteiger partial charge in [0, 0.05) is 5.92 Å². The lowest BCUT2D eigenvalue weighted by Gasteiger charge is -2.19. The molecule has 3 heterocycles. The molecule has 2 aliphatic heterocycles. The van der Waals surface area contributed by atoms with Crippen molar-refractivity contribution in [2.75, 3.05) is 0 Å². The number of aryl methyl sites for hydroxylation is 2. The Morgan fingerprint density at radius 3 is 2.86 bits per heavy atom. The van der Waals surface area contributed by atoms with E-state index in [0.717, 1.165) is 30.9 Å². The zero-order valence-electron chi connectivity index (χ0n) is 12.6. The molecule has 2 fully saturated rings. The van der Waals surface area contributed by atoms with Crippen molar-refractivity contribution >= 4 is 0 Å². The van der Waals surface area contributed by atoms with Gasteiger partial charge in [-0.1, -0.05) is 25.1 Å². The van der Waals surface area contributed by atoms with Gasteiger partial charge < -0.3 is 4.74 Å². The molecule has 110 valence electrons. The fraction of sp³-hybridized carbons (Fsp3) is 0.529. The van der Waals surface area contributed by atoms with Crippen LogP contribution in [0.1, 0.15) is 49.3 Å². The molecule has 0 spiro atoms. The lowest BCUT2D eigenvalue weighted by atomic mass is 9.88. The predicted octanol–water partition coefficient (Wildman–Crippen LogP) is 3.17. The minimum absolute atomic E-state index is 0.339. The molecule has 0 N–H and O–H groups in total. The van der Waals surface area contributed by atoms with Crippen LogP contribution in [0.2, 0.25) is 0 Å². The number of fused-ring (bicyclic) bond motifs is 2. The summed E-state index contributed by atoms with van der Waals surface area (Å²) in [4.78, 5) is 4.74. The summed E-state index contributed by atoms with van der Waals surface area (Å²) in [7, 11) is 0. The Hall–Kier alpha value is -1.68. The molecule has 2 saturated heterocycles. The highest BCUT2D eigenvalue weighted by Crippen LogP contribution is 2.44. The Balaban J connectivity index is 1.79. The van der Waals surface area contributed by atoms with Crippen molar-refractivity contribution in [3.63, 3.8) is 0 Å². The summed E-state index contributed by atoms with van der Waals surface area (Å²) in [5, 5.41) is 4.67. The second-order valence-electron chi connectivity index (χ2n) is 6.13. The average molecular weight is 283 g/mol. The summed E-state index contributed by atoms with van der Waals surface area (Å²) in [6, 6.07) is 8.48.